The smallest absolute Gasteiger partial charge is 0.141 e. The Balaban J connectivity index is 2.04. The van der Waals surface area contributed by atoms with E-state index in [1.165, 1.54) is 24.3 Å². The summed E-state index contributed by atoms with van der Waals surface area (Å²) in [5.74, 6) is -1.68. The third-order valence-corrected chi connectivity index (χ3v) is 3.35. The first-order valence-corrected chi connectivity index (χ1v) is 6.47. The number of rotatable bonds is 4. The molecule has 0 heterocycles. The molecule has 1 atom stereocenters. The van der Waals surface area contributed by atoms with Crippen molar-refractivity contribution in [1.29, 1.82) is 0 Å². The second kappa shape index (κ2) is 6.29. The minimum absolute atomic E-state index is 0.0455. The molecule has 20 heavy (non-hydrogen) atoms. The van der Waals surface area contributed by atoms with Crippen molar-refractivity contribution in [3.8, 4) is 0 Å². The quantitative estimate of drug-likeness (QED) is 0.869. The van der Waals surface area contributed by atoms with E-state index in [0.717, 1.165) is 11.6 Å². The first kappa shape index (κ1) is 14.9. The third kappa shape index (κ3) is 3.52. The van der Waals surface area contributed by atoms with Gasteiger partial charge in [-0.1, -0.05) is 23.7 Å². The highest BCUT2D eigenvalue weighted by atomic mass is 35.5. The SMILES string of the molecule is CC(NCc1ccc(F)cc1F)c1ccc(F)c(Cl)c1. The van der Waals surface area contributed by atoms with E-state index in [4.69, 9.17) is 11.6 Å². The Kier molecular flexibility index (Phi) is 4.68. The number of nitrogens with one attached hydrogen (secondary N) is 1. The topological polar surface area (TPSA) is 12.0 Å². The average Bonchev–Trinajstić information content (AvgIpc) is 2.40. The molecule has 0 saturated heterocycles. The van der Waals surface area contributed by atoms with Crippen LogP contribution < -0.4 is 5.32 Å². The van der Waals surface area contributed by atoms with Gasteiger partial charge in [-0.2, -0.15) is 0 Å². The summed E-state index contributed by atoms with van der Waals surface area (Å²) in [6, 6.07) is 7.72. The van der Waals surface area contributed by atoms with Crippen molar-refractivity contribution in [3.05, 3.63) is 70.0 Å². The van der Waals surface area contributed by atoms with Gasteiger partial charge in [0.1, 0.15) is 17.5 Å². The van der Waals surface area contributed by atoms with Gasteiger partial charge in [-0.3, -0.25) is 0 Å². The Morgan fingerprint density at radius 1 is 1.05 bits per heavy atom. The molecular formula is C15H13ClF3N. The number of hydrogen-bond acceptors (Lipinski definition) is 1. The second-order valence-corrected chi connectivity index (χ2v) is 4.92. The molecule has 1 unspecified atom stereocenters. The molecule has 2 rings (SSSR count). The number of halogens is 4. The lowest BCUT2D eigenvalue weighted by Gasteiger charge is -2.15. The van der Waals surface area contributed by atoms with Crippen molar-refractivity contribution in [3.63, 3.8) is 0 Å². The van der Waals surface area contributed by atoms with Crippen LogP contribution in [0.15, 0.2) is 36.4 Å². The normalized spacial score (nSPS) is 12.4. The predicted molar refractivity (Wildman–Crippen MR) is 73.0 cm³/mol. The predicted octanol–water partition coefficient (Wildman–Crippen LogP) is 4.61. The number of benzene rings is 2. The Bertz CT molecular complexity index is 616. The molecule has 0 saturated carbocycles. The molecule has 106 valence electrons. The van der Waals surface area contributed by atoms with Crippen LogP contribution >= 0.6 is 11.6 Å². The fourth-order valence-electron chi connectivity index (χ4n) is 1.83. The van der Waals surface area contributed by atoms with Crippen LogP contribution in [0.3, 0.4) is 0 Å². The summed E-state index contributed by atoms with van der Waals surface area (Å²) in [4.78, 5) is 0. The van der Waals surface area contributed by atoms with Crippen molar-refractivity contribution in [2.75, 3.05) is 0 Å². The maximum absolute atomic E-state index is 13.5. The molecular weight excluding hydrogens is 287 g/mol. The van der Waals surface area contributed by atoms with Gasteiger partial charge >= 0.3 is 0 Å². The van der Waals surface area contributed by atoms with E-state index < -0.39 is 17.5 Å². The molecule has 2 aromatic rings. The maximum Gasteiger partial charge on any atom is 0.141 e. The second-order valence-electron chi connectivity index (χ2n) is 4.51. The maximum atomic E-state index is 13.5. The van der Waals surface area contributed by atoms with Crippen LogP contribution in [0, 0.1) is 17.5 Å². The van der Waals surface area contributed by atoms with Gasteiger partial charge in [0, 0.05) is 24.2 Å². The summed E-state index contributed by atoms with van der Waals surface area (Å²) in [6.45, 7) is 2.09. The van der Waals surface area contributed by atoms with Crippen LogP contribution in [-0.2, 0) is 6.54 Å². The fourth-order valence-corrected chi connectivity index (χ4v) is 2.02. The van der Waals surface area contributed by atoms with E-state index in [1.807, 2.05) is 6.92 Å². The van der Waals surface area contributed by atoms with Gasteiger partial charge in [-0.15, -0.1) is 0 Å². The fraction of sp³-hybridized carbons (Fsp3) is 0.200. The lowest BCUT2D eigenvalue weighted by Crippen LogP contribution is -2.19. The molecule has 2 aromatic carbocycles. The molecule has 0 spiro atoms. The van der Waals surface area contributed by atoms with Gasteiger partial charge in [-0.05, 0) is 30.7 Å². The molecule has 1 N–H and O–H groups in total. The van der Waals surface area contributed by atoms with Crippen LogP contribution in [0.5, 0.6) is 0 Å². The lowest BCUT2D eigenvalue weighted by atomic mass is 10.1. The standard InChI is InChI=1S/C15H13ClF3N/c1-9(10-3-5-14(18)13(16)6-10)20-8-11-2-4-12(17)7-15(11)19/h2-7,9,20H,8H2,1H3. The molecule has 0 radical (unpaired) electrons. The Labute approximate surface area is 120 Å². The zero-order chi connectivity index (χ0) is 14.7. The third-order valence-electron chi connectivity index (χ3n) is 3.06. The minimum atomic E-state index is -0.607. The lowest BCUT2D eigenvalue weighted by molar-refractivity contribution is 0.533. The molecule has 0 aliphatic carbocycles. The summed E-state index contributed by atoms with van der Waals surface area (Å²) in [7, 11) is 0. The van der Waals surface area contributed by atoms with Crippen LogP contribution in [0.2, 0.25) is 5.02 Å². The van der Waals surface area contributed by atoms with E-state index in [1.54, 1.807) is 6.07 Å². The molecule has 0 bridgehead atoms. The van der Waals surface area contributed by atoms with Crippen LogP contribution in [-0.4, -0.2) is 0 Å². The van der Waals surface area contributed by atoms with Crippen molar-refractivity contribution in [2.45, 2.75) is 19.5 Å². The Morgan fingerprint density at radius 3 is 2.45 bits per heavy atom. The van der Waals surface area contributed by atoms with Gasteiger partial charge < -0.3 is 5.32 Å². The highest BCUT2D eigenvalue weighted by Gasteiger charge is 2.10. The van der Waals surface area contributed by atoms with E-state index in [9.17, 15) is 13.2 Å². The van der Waals surface area contributed by atoms with E-state index >= 15 is 0 Å². The summed E-state index contributed by atoms with van der Waals surface area (Å²) >= 11 is 5.71. The van der Waals surface area contributed by atoms with Crippen molar-refractivity contribution < 1.29 is 13.2 Å². The van der Waals surface area contributed by atoms with E-state index in [-0.39, 0.29) is 17.6 Å². The molecule has 0 amide bonds. The summed E-state index contributed by atoms with van der Waals surface area (Å²) in [6.07, 6.45) is 0. The summed E-state index contributed by atoms with van der Waals surface area (Å²) in [5.41, 5.74) is 1.16. The largest absolute Gasteiger partial charge is 0.306 e. The van der Waals surface area contributed by atoms with E-state index in [2.05, 4.69) is 5.32 Å². The summed E-state index contributed by atoms with van der Waals surface area (Å²) in [5, 5.41) is 3.12. The number of hydrogen-bond donors (Lipinski definition) is 1. The van der Waals surface area contributed by atoms with Crippen LogP contribution in [0.25, 0.3) is 0 Å². The average molecular weight is 300 g/mol. The van der Waals surface area contributed by atoms with Crippen molar-refractivity contribution >= 4 is 11.6 Å². The van der Waals surface area contributed by atoms with Crippen LogP contribution in [0.4, 0.5) is 13.2 Å². The first-order chi connectivity index (χ1) is 9.47. The molecule has 0 aliphatic rings. The van der Waals surface area contributed by atoms with E-state index in [0.29, 0.717) is 5.56 Å². The van der Waals surface area contributed by atoms with Gasteiger partial charge in [0.2, 0.25) is 0 Å². The monoisotopic (exact) mass is 299 g/mol. The minimum Gasteiger partial charge on any atom is -0.306 e. The van der Waals surface area contributed by atoms with Gasteiger partial charge in [0.15, 0.2) is 0 Å². The highest BCUT2D eigenvalue weighted by molar-refractivity contribution is 6.30. The van der Waals surface area contributed by atoms with Gasteiger partial charge in [0.05, 0.1) is 5.02 Å². The Hall–Kier alpha value is -1.52. The first-order valence-electron chi connectivity index (χ1n) is 6.09. The zero-order valence-electron chi connectivity index (χ0n) is 10.8. The van der Waals surface area contributed by atoms with Crippen molar-refractivity contribution in [1.82, 2.24) is 5.32 Å². The molecule has 5 heteroatoms. The Morgan fingerprint density at radius 2 is 1.80 bits per heavy atom. The van der Waals surface area contributed by atoms with Gasteiger partial charge in [0.25, 0.3) is 0 Å². The van der Waals surface area contributed by atoms with Crippen molar-refractivity contribution in [2.24, 2.45) is 0 Å². The van der Waals surface area contributed by atoms with Gasteiger partial charge in [-0.25, -0.2) is 13.2 Å². The highest BCUT2D eigenvalue weighted by Crippen LogP contribution is 2.21. The molecule has 0 aliphatic heterocycles. The molecule has 0 fully saturated rings. The zero-order valence-corrected chi connectivity index (χ0v) is 11.5. The molecule has 0 aromatic heterocycles. The summed E-state index contributed by atoms with van der Waals surface area (Å²) < 4.78 is 39.3. The van der Waals surface area contributed by atoms with Crippen LogP contribution in [0.1, 0.15) is 24.1 Å². The molecule has 1 nitrogen and oxygen atoms in total.